The lowest BCUT2D eigenvalue weighted by Gasteiger charge is -2.22. The average Bonchev–Trinajstić information content (AvgIpc) is 2.62. The molecule has 8 heteroatoms. The van der Waals surface area contributed by atoms with Gasteiger partial charge in [-0.2, -0.15) is 0 Å². The monoisotopic (exact) mass is 439 g/mol. The SMILES string of the molecule is CC(C)(C)OC(=O)N[C@H](Cc1ccc(OCc2cccc(Cl)c2Cl)cc1)C(=O)O. The van der Waals surface area contributed by atoms with Gasteiger partial charge in [-0.3, -0.25) is 0 Å². The second kappa shape index (κ2) is 9.85. The highest BCUT2D eigenvalue weighted by Gasteiger charge is 2.24. The first kappa shape index (κ1) is 22.8. The highest BCUT2D eigenvalue weighted by molar-refractivity contribution is 6.42. The number of carbonyl (C=O) groups excluding carboxylic acids is 1. The number of nitrogens with one attached hydrogen (secondary N) is 1. The normalized spacial score (nSPS) is 12.2. The first-order valence-corrected chi connectivity index (χ1v) is 9.67. The van der Waals surface area contributed by atoms with Gasteiger partial charge in [-0.1, -0.05) is 47.5 Å². The molecule has 0 saturated carbocycles. The Balaban J connectivity index is 1.96. The molecule has 0 unspecified atom stereocenters. The number of amides is 1. The zero-order valence-electron chi connectivity index (χ0n) is 16.4. The molecule has 0 saturated heterocycles. The van der Waals surface area contributed by atoms with Crippen LogP contribution in [0.1, 0.15) is 31.9 Å². The summed E-state index contributed by atoms with van der Waals surface area (Å²) in [6.45, 7) is 5.36. The molecule has 1 atom stereocenters. The predicted octanol–water partition coefficient (Wildman–Crippen LogP) is 5.09. The van der Waals surface area contributed by atoms with Gasteiger partial charge in [-0.25, -0.2) is 9.59 Å². The number of carboxylic acid groups (broad SMARTS) is 1. The Kier molecular flexibility index (Phi) is 7.76. The summed E-state index contributed by atoms with van der Waals surface area (Å²) in [4.78, 5) is 23.3. The van der Waals surface area contributed by atoms with Gasteiger partial charge < -0.3 is 19.9 Å². The van der Waals surface area contributed by atoms with Crippen LogP contribution in [0.15, 0.2) is 42.5 Å². The van der Waals surface area contributed by atoms with Crippen LogP contribution < -0.4 is 10.1 Å². The molecular weight excluding hydrogens is 417 g/mol. The summed E-state index contributed by atoms with van der Waals surface area (Å²) in [5.41, 5.74) is 0.773. The quantitative estimate of drug-likeness (QED) is 0.627. The van der Waals surface area contributed by atoms with Crippen molar-refractivity contribution in [3.05, 3.63) is 63.6 Å². The third-order valence-corrected chi connectivity index (χ3v) is 4.64. The molecule has 0 heterocycles. The summed E-state index contributed by atoms with van der Waals surface area (Å²) in [5.74, 6) is -0.552. The fraction of sp³-hybridized carbons (Fsp3) is 0.333. The zero-order chi connectivity index (χ0) is 21.6. The smallest absolute Gasteiger partial charge is 0.408 e. The first-order chi connectivity index (χ1) is 13.5. The lowest BCUT2D eigenvalue weighted by molar-refractivity contribution is -0.139. The second-order valence-corrected chi connectivity index (χ2v) is 8.17. The van der Waals surface area contributed by atoms with E-state index >= 15 is 0 Å². The molecule has 2 N–H and O–H groups in total. The standard InChI is InChI=1S/C21H23Cl2NO5/c1-21(2,3)29-20(27)24-17(19(25)26)11-13-7-9-15(10-8-13)28-12-14-5-4-6-16(22)18(14)23/h4-10,17H,11-12H2,1-3H3,(H,24,27)(H,25,26)/t17-/m1/s1. The molecule has 2 rings (SSSR count). The fourth-order valence-corrected chi connectivity index (χ4v) is 2.80. The van der Waals surface area contributed by atoms with Crippen LogP contribution in [0.4, 0.5) is 4.79 Å². The maximum Gasteiger partial charge on any atom is 0.408 e. The number of aliphatic carboxylic acids is 1. The van der Waals surface area contributed by atoms with Crippen molar-refractivity contribution in [3.63, 3.8) is 0 Å². The number of hydrogen-bond donors (Lipinski definition) is 2. The zero-order valence-corrected chi connectivity index (χ0v) is 17.9. The third-order valence-electron chi connectivity index (χ3n) is 3.78. The van der Waals surface area contributed by atoms with Crippen LogP contribution >= 0.6 is 23.2 Å². The van der Waals surface area contributed by atoms with Gasteiger partial charge in [0, 0.05) is 12.0 Å². The summed E-state index contributed by atoms with van der Waals surface area (Å²) in [7, 11) is 0. The molecule has 0 fully saturated rings. The highest BCUT2D eigenvalue weighted by Crippen LogP contribution is 2.26. The molecule has 0 aliphatic rings. The van der Waals surface area contributed by atoms with Crippen LogP contribution in [-0.4, -0.2) is 28.8 Å². The number of halogens is 2. The minimum atomic E-state index is -1.15. The van der Waals surface area contributed by atoms with Crippen molar-refractivity contribution >= 4 is 35.3 Å². The topological polar surface area (TPSA) is 84.9 Å². The Labute approximate surface area is 179 Å². The molecule has 0 bridgehead atoms. The van der Waals surface area contributed by atoms with E-state index in [1.54, 1.807) is 57.2 Å². The van der Waals surface area contributed by atoms with Crippen molar-refractivity contribution < 1.29 is 24.2 Å². The summed E-state index contributed by atoms with van der Waals surface area (Å²) in [6.07, 6.45) is -0.669. The van der Waals surface area contributed by atoms with Gasteiger partial charge in [-0.05, 0) is 44.5 Å². The van der Waals surface area contributed by atoms with Crippen molar-refractivity contribution in [3.8, 4) is 5.75 Å². The number of carboxylic acids is 1. The lowest BCUT2D eigenvalue weighted by Crippen LogP contribution is -2.44. The average molecular weight is 440 g/mol. The van der Waals surface area contributed by atoms with Crippen molar-refractivity contribution in [1.82, 2.24) is 5.32 Å². The highest BCUT2D eigenvalue weighted by atomic mass is 35.5. The van der Waals surface area contributed by atoms with E-state index < -0.39 is 23.7 Å². The number of alkyl carbamates (subject to hydrolysis) is 1. The molecule has 6 nitrogen and oxygen atoms in total. The van der Waals surface area contributed by atoms with E-state index in [0.29, 0.717) is 15.8 Å². The number of rotatable bonds is 7. The van der Waals surface area contributed by atoms with Crippen LogP contribution in [0.2, 0.25) is 10.0 Å². The van der Waals surface area contributed by atoms with E-state index in [4.69, 9.17) is 32.7 Å². The van der Waals surface area contributed by atoms with Crippen molar-refractivity contribution in [1.29, 1.82) is 0 Å². The van der Waals surface area contributed by atoms with Gasteiger partial charge in [0.2, 0.25) is 0 Å². The van der Waals surface area contributed by atoms with Crippen LogP contribution in [0.5, 0.6) is 5.75 Å². The summed E-state index contributed by atoms with van der Waals surface area (Å²) < 4.78 is 10.8. The predicted molar refractivity (Wildman–Crippen MR) is 112 cm³/mol. The molecule has 29 heavy (non-hydrogen) atoms. The van der Waals surface area contributed by atoms with Gasteiger partial charge in [0.25, 0.3) is 0 Å². The first-order valence-electron chi connectivity index (χ1n) is 8.92. The fourth-order valence-electron chi connectivity index (χ4n) is 2.43. The molecule has 0 spiro atoms. The van der Waals surface area contributed by atoms with Gasteiger partial charge >= 0.3 is 12.1 Å². The maximum absolute atomic E-state index is 11.9. The molecule has 0 radical (unpaired) electrons. The van der Waals surface area contributed by atoms with E-state index in [1.165, 1.54) is 0 Å². The van der Waals surface area contributed by atoms with E-state index in [-0.39, 0.29) is 13.0 Å². The van der Waals surface area contributed by atoms with Crippen molar-refractivity contribution in [2.75, 3.05) is 0 Å². The van der Waals surface area contributed by atoms with Gasteiger partial charge in [0.1, 0.15) is 24.0 Å². The van der Waals surface area contributed by atoms with Gasteiger partial charge in [0.15, 0.2) is 0 Å². The number of ether oxygens (including phenoxy) is 2. The Bertz CT molecular complexity index is 862. The van der Waals surface area contributed by atoms with Crippen LogP contribution in [0.3, 0.4) is 0 Å². The Hall–Kier alpha value is -2.44. The minimum absolute atomic E-state index is 0.106. The Morgan fingerprint density at radius 2 is 1.76 bits per heavy atom. The molecule has 0 aromatic heterocycles. The molecule has 156 valence electrons. The summed E-state index contributed by atoms with van der Waals surface area (Å²) >= 11 is 12.1. The Morgan fingerprint density at radius 1 is 1.10 bits per heavy atom. The Morgan fingerprint density at radius 3 is 2.34 bits per heavy atom. The third kappa shape index (κ3) is 7.48. The van der Waals surface area contributed by atoms with Crippen molar-refractivity contribution in [2.45, 2.75) is 45.4 Å². The molecular formula is C21H23Cl2NO5. The number of benzene rings is 2. The van der Waals surface area contributed by atoms with E-state index in [9.17, 15) is 14.7 Å². The van der Waals surface area contributed by atoms with Gasteiger partial charge in [-0.15, -0.1) is 0 Å². The maximum atomic E-state index is 11.9. The molecule has 0 aliphatic heterocycles. The van der Waals surface area contributed by atoms with E-state index in [0.717, 1.165) is 11.1 Å². The number of carbonyl (C=O) groups is 2. The van der Waals surface area contributed by atoms with Crippen LogP contribution in [0.25, 0.3) is 0 Å². The summed E-state index contributed by atoms with van der Waals surface area (Å²) in [5, 5.41) is 12.7. The molecule has 2 aromatic carbocycles. The number of hydrogen-bond acceptors (Lipinski definition) is 4. The molecule has 0 aliphatic carbocycles. The largest absolute Gasteiger partial charge is 0.489 e. The van der Waals surface area contributed by atoms with Crippen LogP contribution in [-0.2, 0) is 22.6 Å². The molecule has 2 aromatic rings. The lowest BCUT2D eigenvalue weighted by atomic mass is 10.1. The van der Waals surface area contributed by atoms with E-state index in [2.05, 4.69) is 5.32 Å². The second-order valence-electron chi connectivity index (χ2n) is 7.39. The van der Waals surface area contributed by atoms with Crippen LogP contribution in [0, 0.1) is 0 Å². The van der Waals surface area contributed by atoms with E-state index in [1.807, 2.05) is 6.07 Å². The molecule has 1 amide bonds. The minimum Gasteiger partial charge on any atom is -0.489 e. The van der Waals surface area contributed by atoms with Crippen molar-refractivity contribution in [2.24, 2.45) is 0 Å². The summed E-state index contributed by atoms with van der Waals surface area (Å²) in [6, 6.07) is 11.1. The van der Waals surface area contributed by atoms with Gasteiger partial charge in [0.05, 0.1) is 10.0 Å².